The van der Waals surface area contributed by atoms with Crippen molar-refractivity contribution < 1.29 is 9.90 Å². The maximum absolute atomic E-state index is 12.9. The van der Waals surface area contributed by atoms with E-state index in [1.54, 1.807) is 0 Å². The molecule has 2 aromatic carbocycles. The maximum Gasteiger partial charge on any atom is 0.246 e. The van der Waals surface area contributed by atoms with Crippen molar-refractivity contribution in [3.8, 4) is 0 Å². The normalized spacial score (nSPS) is 19.9. The van der Waals surface area contributed by atoms with Gasteiger partial charge < -0.3 is 10.0 Å². The predicted octanol–water partition coefficient (Wildman–Crippen LogP) is 2.58. The molecule has 2 heterocycles. The number of piperidine rings is 1. The Morgan fingerprint density at radius 3 is 2.46 bits per heavy atom. The summed E-state index contributed by atoms with van der Waals surface area (Å²) in [5.41, 5.74) is 3.76. The van der Waals surface area contributed by atoms with Crippen LogP contribution in [0, 0.1) is 12.3 Å². The third-order valence-electron chi connectivity index (χ3n) is 5.78. The van der Waals surface area contributed by atoms with E-state index in [0.29, 0.717) is 6.54 Å². The minimum Gasteiger partial charge on any atom is -0.396 e. The molecule has 1 saturated heterocycles. The van der Waals surface area contributed by atoms with Crippen LogP contribution in [0.25, 0.3) is 11.0 Å². The molecule has 1 aromatic heterocycles. The molecule has 0 spiro atoms. The molecule has 1 aliphatic heterocycles. The first-order chi connectivity index (χ1) is 13.6. The number of aliphatic hydroxyl groups is 1. The van der Waals surface area contributed by atoms with Crippen LogP contribution in [0.4, 0.5) is 0 Å². The number of hydrogen-bond donors (Lipinski definition) is 1. The second kappa shape index (κ2) is 7.72. The Labute approximate surface area is 164 Å². The molecule has 0 radical (unpaired) electrons. The minimum absolute atomic E-state index is 0.00242. The molecule has 146 valence electrons. The van der Waals surface area contributed by atoms with Crippen molar-refractivity contribution in [2.24, 2.45) is 5.41 Å². The highest BCUT2D eigenvalue weighted by Gasteiger charge is 2.37. The van der Waals surface area contributed by atoms with Crippen LogP contribution in [0.15, 0.2) is 48.5 Å². The second-order valence-electron chi connectivity index (χ2n) is 7.90. The van der Waals surface area contributed by atoms with Crippen molar-refractivity contribution in [1.82, 2.24) is 19.9 Å². The van der Waals surface area contributed by atoms with Gasteiger partial charge >= 0.3 is 0 Å². The molecule has 28 heavy (non-hydrogen) atoms. The van der Waals surface area contributed by atoms with Gasteiger partial charge in [0.15, 0.2) is 0 Å². The first-order valence-corrected chi connectivity index (χ1v) is 9.82. The van der Waals surface area contributed by atoms with Crippen LogP contribution in [-0.2, 0) is 17.8 Å². The smallest absolute Gasteiger partial charge is 0.246 e. The Kier molecular flexibility index (Phi) is 5.13. The van der Waals surface area contributed by atoms with E-state index < -0.39 is 0 Å². The highest BCUT2D eigenvalue weighted by Crippen LogP contribution is 2.34. The lowest BCUT2D eigenvalue weighted by atomic mass is 9.75. The first kappa shape index (κ1) is 18.6. The van der Waals surface area contributed by atoms with Crippen LogP contribution in [0.3, 0.4) is 0 Å². The average molecular weight is 378 g/mol. The van der Waals surface area contributed by atoms with Crippen LogP contribution >= 0.6 is 0 Å². The number of hydrogen-bond acceptors (Lipinski definition) is 4. The number of aryl methyl sites for hydroxylation is 1. The predicted molar refractivity (Wildman–Crippen MR) is 108 cm³/mol. The van der Waals surface area contributed by atoms with Crippen molar-refractivity contribution in [3.05, 3.63) is 59.7 Å². The van der Waals surface area contributed by atoms with E-state index in [2.05, 4.69) is 29.3 Å². The molecule has 1 aliphatic rings. The summed E-state index contributed by atoms with van der Waals surface area (Å²) in [5, 5.41) is 19.0. The first-order valence-electron chi connectivity index (χ1n) is 9.82. The summed E-state index contributed by atoms with van der Waals surface area (Å²) >= 11 is 0. The Morgan fingerprint density at radius 1 is 1.11 bits per heavy atom. The van der Waals surface area contributed by atoms with E-state index in [9.17, 15) is 9.90 Å². The molecular weight excluding hydrogens is 352 g/mol. The fourth-order valence-electron chi connectivity index (χ4n) is 4.16. The van der Waals surface area contributed by atoms with Crippen LogP contribution < -0.4 is 0 Å². The summed E-state index contributed by atoms with van der Waals surface area (Å²) in [6.45, 7) is 3.59. The summed E-state index contributed by atoms with van der Waals surface area (Å²) < 4.78 is 0. The summed E-state index contributed by atoms with van der Waals surface area (Å²) in [6, 6.07) is 15.9. The van der Waals surface area contributed by atoms with Crippen molar-refractivity contribution in [3.63, 3.8) is 0 Å². The van der Waals surface area contributed by atoms with Gasteiger partial charge in [-0.2, -0.15) is 15.0 Å². The molecule has 0 aliphatic carbocycles. The number of carbonyl (C=O) groups is 1. The van der Waals surface area contributed by atoms with Gasteiger partial charge in [0.25, 0.3) is 0 Å². The van der Waals surface area contributed by atoms with Gasteiger partial charge in [0.1, 0.15) is 17.6 Å². The zero-order chi connectivity index (χ0) is 19.6. The Balaban J connectivity index is 1.48. The molecule has 1 N–H and O–H groups in total. The summed E-state index contributed by atoms with van der Waals surface area (Å²) in [5.74, 6) is 0.00242. The molecule has 1 fully saturated rings. The molecule has 6 heteroatoms. The van der Waals surface area contributed by atoms with Crippen LogP contribution in [-0.4, -0.2) is 50.6 Å². The van der Waals surface area contributed by atoms with Gasteiger partial charge in [0, 0.05) is 18.5 Å². The van der Waals surface area contributed by atoms with E-state index in [-0.39, 0.29) is 24.5 Å². The Morgan fingerprint density at radius 2 is 1.79 bits per heavy atom. The van der Waals surface area contributed by atoms with E-state index in [4.69, 9.17) is 0 Å². The topological polar surface area (TPSA) is 71.2 Å². The fourth-order valence-corrected chi connectivity index (χ4v) is 4.16. The van der Waals surface area contributed by atoms with E-state index >= 15 is 0 Å². The van der Waals surface area contributed by atoms with Gasteiger partial charge in [-0.25, -0.2) is 0 Å². The van der Waals surface area contributed by atoms with Gasteiger partial charge in [0.2, 0.25) is 5.91 Å². The van der Waals surface area contributed by atoms with Gasteiger partial charge in [-0.1, -0.05) is 36.4 Å². The van der Waals surface area contributed by atoms with Crippen molar-refractivity contribution in [1.29, 1.82) is 0 Å². The minimum atomic E-state index is -0.289. The SMILES string of the molecule is Cc1ccccc1CC1(CO)CCCN(C(=O)Cn2nc3ccccc3n2)C1. The van der Waals surface area contributed by atoms with Gasteiger partial charge in [-0.15, -0.1) is 0 Å². The van der Waals surface area contributed by atoms with E-state index in [1.165, 1.54) is 15.9 Å². The van der Waals surface area contributed by atoms with Crippen LogP contribution in [0.5, 0.6) is 0 Å². The quantitative estimate of drug-likeness (QED) is 0.741. The summed E-state index contributed by atoms with van der Waals surface area (Å²) in [4.78, 5) is 16.3. The molecule has 6 nitrogen and oxygen atoms in total. The monoisotopic (exact) mass is 378 g/mol. The number of aromatic nitrogens is 3. The number of carbonyl (C=O) groups excluding carboxylic acids is 1. The van der Waals surface area contributed by atoms with Crippen molar-refractivity contribution >= 4 is 16.9 Å². The molecular formula is C22H26N4O2. The molecule has 4 rings (SSSR count). The fraction of sp³-hybridized carbons (Fsp3) is 0.409. The summed E-state index contributed by atoms with van der Waals surface area (Å²) in [7, 11) is 0. The molecule has 3 aromatic rings. The summed E-state index contributed by atoms with van der Waals surface area (Å²) in [6.07, 6.45) is 2.60. The van der Waals surface area contributed by atoms with Crippen molar-refractivity contribution in [2.75, 3.05) is 19.7 Å². The van der Waals surface area contributed by atoms with E-state index in [1.807, 2.05) is 41.3 Å². The lowest BCUT2D eigenvalue weighted by Gasteiger charge is -2.42. The third kappa shape index (κ3) is 3.78. The third-order valence-corrected chi connectivity index (χ3v) is 5.78. The second-order valence-corrected chi connectivity index (χ2v) is 7.90. The van der Waals surface area contributed by atoms with E-state index in [0.717, 1.165) is 36.8 Å². The molecule has 0 saturated carbocycles. The Bertz CT molecular complexity index is 950. The molecule has 1 unspecified atom stereocenters. The van der Waals surface area contributed by atoms with Crippen molar-refractivity contribution in [2.45, 2.75) is 32.7 Å². The standard InChI is InChI=1S/C22H26N4O2/c1-17-7-2-3-8-18(17)13-22(16-27)11-6-12-25(15-22)21(28)14-26-23-19-9-4-5-10-20(19)24-26/h2-5,7-10,27H,6,11-16H2,1H3. The largest absolute Gasteiger partial charge is 0.396 e. The zero-order valence-corrected chi connectivity index (χ0v) is 16.2. The number of rotatable bonds is 5. The number of likely N-dealkylation sites (tertiary alicyclic amines) is 1. The maximum atomic E-state index is 12.9. The molecule has 0 bridgehead atoms. The lowest BCUT2D eigenvalue weighted by Crippen LogP contribution is -2.50. The molecule has 1 amide bonds. The highest BCUT2D eigenvalue weighted by atomic mass is 16.3. The van der Waals surface area contributed by atoms with Gasteiger partial charge in [-0.05, 0) is 49.4 Å². The average Bonchev–Trinajstić information content (AvgIpc) is 3.12. The Hall–Kier alpha value is -2.73. The number of nitrogens with zero attached hydrogens (tertiary/aromatic N) is 4. The van der Waals surface area contributed by atoms with Gasteiger partial charge in [0.05, 0.1) is 6.61 Å². The lowest BCUT2D eigenvalue weighted by molar-refractivity contribution is -0.136. The number of amides is 1. The zero-order valence-electron chi connectivity index (χ0n) is 16.2. The molecule has 1 atom stereocenters. The number of benzene rings is 2. The number of aliphatic hydroxyl groups excluding tert-OH is 1. The van der Waals surface area contributed by atoms with Crippen LogP contribution in [0.1, 0.15) is 24.0 Å². The van der Waals surface area contributed by atoms with Gasteiger partial charge in [-0.3, -0.25) is 4.79 Å². The highest BCUT2D eigenvalue weighted by molar-refractivity contribution is 5.77. The van der Waals surface area contributed by atoms with Crippen LogP contribution in [0.2, 0.25) is 0 Å². The number of fused-ring (bicyclic) bond motifs is 1.